The summed E-state index contributed by atoms with van der Waals surface area (Å²) in [6, 6.07) is 13.3. The predicted molar refractivity (Wildman–Crippen MR) is 130 cm³/mol. The summed E-state index contributed by atoms with van der Waals surface area (Å²) in [6.07, 6.45) is 0. The van der Waals surface area contributed by atoms with Crippen molar-refractivity contribution in [2.45, 2.75) is 23.6 Å². The van der Waals surface area contributed by atoms with E-state index in [9.17, 15) is 16.8 Å². The lowest BCUT2D eigenvalue weighted by molar-refractivity contribution is 0.0442. The van der Waals surface area contributed by atoms with E-state index in [1.165, 1.54) is 4.31 Å². The van der Waals surface area contributed by atoms with Crippen molar-refractivity contribution in [3.8, 4) is 0 Å². The number of sulfonamides is 2. The largest absolute Gasteiger partial charge is 0.379 e. The third-order valence-corrected chi connectivity index (χ3v) is 9.15. The van der Waals surface area contributed by atoms with Crippen molar-refractivity contribution in [3.63, 3.8) is 0 Å². The molecule has 9 nitrogen and oxygen atoms in total. The van der Waals surface area contributed by atoms with Gasteiger partial charge in [0.15, 0.2) is 0 Å². The van der Waals surface area contributed by atoms with Crippen LogP contribution >= 0.6 is 0 Å². The SMILES string of the molecule is Cc1ccc(S(=O)(=O)/N=C(\CN2CCOCC2)N2CCN(S(=O)(=O)c3ccc(C)cc3)C2)cc1. The molecule has 11 heteroatoms. The number of rotatable bonds is 6. The zero-order valence-electron chi connectivity index (χ0n) is 19.4. The van der Waals surface area contributed by atoms with E-state index in [1.807, 2.05) is 13.8 Å². The van der Waals surface area contributed by atoms with Crippen LogP contribution in [0.25, 0.3) is 0 Å². The average molecular weight is 507 g/mol. The molecule has 0 radical (unpaired) electrons. The molecule has 0 atom stereocenters. The highest BCUT2D eigenvalue weighted by atomic mass is 32.2. The van der Waals surface area contributed by atoms with E-state index in [1.54, 1.807) is 53.4 Å². The Morgan fingerprint density at radius 3 is 1.97 bits per heavy atom. The van der Waals surface area contributed by atoms with E-state index >= 15 is 0 Å². The van der Waals surface area contributed by atoms with Crippen molar-refractivity contribution in [2.75, 3.05) is 52.6 Å². The number of nitrogens with zero attached hydrogens (tertiary/aromatic N) is 4. The first kappa shape index (κ1) is 24.8. The number of benzene rings is 2. The summed E-state index contributed by atoms with van der Waals surface area (Å²) in [6.45, 7) is 7.17. The van der Waals surface area contributed by atoms with Crippen molar-refractivity contribution in [1.82, 2.24) is 14.1 Å². The van der Waals surface area contributed by atoms with E-state index in [-0.39, 0.29) is 23.0 Å². The molecule has 4 rings (SSSR count). The lowest BCUT2D eigenvalue weighted by atomic mass is 10.2. The number of amidine groups is 1. The van der Waals surface area contributed by atoms with Gasteiger partial charge in [0.05, 0.1) is 36.2 Å². The fourth-order valence-electron chi connectivity index (χ4n) is 3.88. The van der Waals surface area contributed by atoms with Crippen LogP contribution in [0.5, 0.6) is 0 Å². The molecule has 0 aromatic heterocycles. The number of morpholine rings is 1. The van der Waals surface area contributed by atoms with Gasteiger partial charge in [0.2, 0.25) is 10.0 Å². The van der Waals surface area contributed by atoms with Crippen LogP contribution in [-0.2, 0) is 24.8 Å². The molecule has 2 aliphatic rings. The van der Waals surface area contributed by atoms with Gasteiger partial charge in [-0.15, -0.1) is 4.40 Å². The Morgan fingerprint density at radius 1 is 0.824 bits per heavy atom. The van der Waals surface area contributed by atoms with Crippen molar-refractivity contribution in [3.05, 3.63) is 59.7 Å². The lowest BCUT2D eigenvalue weighted by Gasteiger charge is -2.30. The molecule has 2 fully saturated rings. The second-order valence-electron chi connectivity index (χ2n) is 8.58. The molecule has 0 N–H and O–H groups in total. The van der Waals surface area contributed by atoms with Crippen LogP contribution in [0.3, 0.4) is 0 Å². The van der Waals surface area contributed by atoms with Gasteiger partial charge < -0.3 is 9.64 Å². The molecule has 2 aromatic rings. The second-order valence-corrected chi connectivity index (χ2v) is 12.1. The monoisotopic (exact) mass is 506 g/mol. The Bertz CT molecular complexity index is 1240. The Kier molecular flexibility index (Phi) is 7.39. The van der Waals surface area contributed by atoms with Gasteiger partial charge in [-0.3, -0.25) is 4.90 Å². The average Bonchev–Trinajstić information content (AvgIpc) is 3.31. The van der Waals surface area contributed by atoms with Gasteiger partial charge in [0.1, 0.15) is 5.84 Å². The predicted octanol–water partition coefficient (Wildman–Crippen LogP) is 1.69. The minimum absolute atomic E-state index is 0.0444. The van der Waals surface area contributed by atoms with Crippen molar-refractivity contribution in [1.29, 1.82) is 0 Å². The van der Waals surface area contributed by atoms with Crippen LogP contribution in [0.4, 0.5) is 0 Å². The summed E-state index contributed by atoms with van der Waals surface area (Å²) >= 11 is 0. The van der Waals surface area contributed by atoms with Crippen molar-refractivity contribution >= 4 is 25.9 Å². The van der Waals surface area contributed by atoms with E-state index in [0.29, 0.717) is 45.2 Å². The van der Waals surface area contributed by atoms with Crippen LogP contribution < -0.4 is 0 Å². The van der Waals surface area contributed by atoms with Gasteiger partial charge in [-0.05, 0) is 38.1 Å². The minimum Gasteiger partial charge on any atom is -0.379 e. The van der Waals surface area contributed by atoms with Gasteiger partial charge in [0, 0.05) is 26.2 Å². The number of hydrogen-bond donors (Lipinski definition) is 0. The number of ether oxygens (including phenoxy) is 1. The van der Waals surface area contributed by atoms with E-state index in [2.05, 4.69) is 9.30 Å². The summed E-state index contributed by atoms with van der Waals surface area (Å²) in [5.41, 5.74) is 1.93. The summed E-state index contributed by atoms with van der Waals surface area (Å²) in [7, 11) is -7.66. The first-order valence-electron chi connectivity index (χ1n) is 11.2. The molecule has 0 unspecified atom stereocenters. The van der Waals surface area contributed by atoms with Gasteiger partial charge in [-0.2, -0.15) is 12.7 Å². The first-order chi connectivity index (χ1) is 16.1. The topological polar surface area (TPSA) is 99.6 Å². The summed E-state index contributed by atoms with van der Waals surface area (Å²) in [5, 5.41) is 0. The zero-order chi connectivity index (χ0) is 24.3. The Labute approximate surface area is 201 Å². The van der Waals surface area contributed by atoms with Crippen LogP contribution in [0.2, 0.25) is 0 Å². The maximum atomic E-state index is 13.2. The zero-order valence-corrected chi connectivity index (χ0v) is 21.1. The van der Waals surface area contributed by atoms with Gasteiger partial charge in [-0.1, -0.05) is 35.4 Å². The van der Waals surface area contributed by atoms with Gasteiger partial charge >= 0.3 is 0 Å². The highest BCUT2D eigenvalue weighted by Crippen LogP contribution is 2.22. The molecule has 2 aromatic carbocycles. The summed E-state index contributed by atoms with van der Waals surface area (Å²) < 4.78 is 63.5. The smallest absolute Gasteiger partial charge is 0.283 e. The third-order valence-electron chi connectivity index (χ3n) is 5.98. The van der Waals surface area contributed by atoms with Gasteiger partial charge in [0.25, 0.3) is 10.0 Å². The molecule has 2 heterocycles. The van der Waals surface area contributed by atoms with E-state index in [0.717, 1.165) is 11.1 Å². The normalized spacial score (nSPS) is 19.0. The van der Waals surface area contributed by atoms with E-state index < -0.39 is 20.0 Å². The maximum absolute atomic E-state index is 13.2. The van der Waals surface area contributed by atoms with Gasteiger partial charge in [-0.25, -0.2) is 8.42 Å². The molecule has 34 heavy (non-hydrogen) atoms. The molecule has 2 aliphatic heterocycles. The Morgan fingerprint density at radius 2 is 1.38 bits per heavy atom. The molecule has 2 saturated heterocycles. The highest BCUT2D eigenvalue weighted by molar-refractivity contribution is 7.90. The second kappa shape index (κ2) is 10.1. The summed E-state index contributed by atoms with van der Waals surface area (Å²) in [4.78, 5) is 4.15. The number of aryl methyl sites for hydroxylation is 2. The number of hydrogen-bond acceptors (Lipinski definition) is 6. The van der Waals surface area contributed by atoms with Crippen molar-refractivity contribution in [2.24, 2.45) is 4.40 Å². The van der Waals surface area contributed by atoms with Crippen LogP contribution in [0.15, 0.2) is 62.7 Å². The maximum Gasteiger partial charge on any atom is 0.283 e. The third kappa shape index (κ3) is 5.66. The fourth-order valence-corrected chi connectivity index (χ4v) is 6.31. The van der Waals surface area contributed by atoms with Crippen molar-refractivity contribution < 1.29 is 21.6 Å². The summed E-state index contributed by atoms with van der Waals surface area (Å²) in [5.74, 6) is 0.337. The molecule has 0 saturated carbocycles. The Hall–Kier alpha value is -2.31. The molecule has 0 aliphatic carbocycles. The quantitative estimate of drug-likeness (QED) is 0.434. The van der Waals surface area contributed by atoms with Crippen LogP contribution in [-0.4, -0.2) is 89.4 Å². The van der Waals surface area contributed by atoms with E-state index in [4.69, 9.17) is 4.74 Å². The highest BCUT2D eigenvalue weighted by Gasteiger charge is 2.34. The molecular weight excluding hydrogens is 476 g/mol. The standard InChI is InChI=1S/C23H30N4O5S2/c1-19-3-7-21(8-4-19)33(28,29)24-23(17-25-13-15-32-16-14-25)26-11-12-27(18-26)34(30,31)22-9-5-20(2)6-10-22/h3-10H,11-18H2,1-2H3/b24-23+. The molecule has 0 spiro atoms. The molecule has 0 bridgehead atoms. The lowest BCUT2D eigenvalue weighted by Crippen LogP contribution is -2.45. The molecular formula is C23H30N4O5S2. The molecule has 0 amide bonds. The van der Waals surface area contributed by atoms with Crippen LogP contribution in [0.1, 0.15) is 11.1 Å². The Balaban J connectivity index is 1.61. The first-order valence-corrected chi connectivity index (χ1v) is 14.1. The van der Waals surface area contributed by atoms with Crippen LogP contribution in [0, 0.1) is 13.8 Å². The minimum atomic E-state index is -3.95. The fraction of sp³-hybridized carbons (Fsp3) is 0.435. The molecule has 184 valence electrons.